The lowest BCUT2D eigenvalue weighted by Gasteiger charge is -2.14. The van der Waals surface area contributed by atoms with Crippen molar-refractivity contribution in [2.45, 2.75) is 24.6 Å². The minimum Gasteiger partial charge on any atom is -0.293 e. The van der Waals surface area contributed by atoms with E-state index >= 15 is 0 Å². The molecule has 1 aliphatic carbocycles. The van der Waals surface area contributed by atoms with Gasteiger partial charge in [-0.2, -0.15) is 0 Å². The first kappa shape index (κ1) is 8.45. The van der Waals surface area contributed by atoms with Crippen molar-refractivity contribution < 1.29 is 4.79 Å². The fraction of sp³-hybridized carbons (Fsp3) is 0.444. The minimum atomic E-state index is 0.0546. The van der Waals surface area contributed by atoms with E-state index in [1.165, 1.54) is 9.75 Å². The summed E-state index contributed by atoms with van der Waals surface area (Å²) < 4.78 is 0. The monoisotopic (exact) mass is 244 g/mol. The lowest BCUT2D eigenvalue weighted by atomic mass is 9.98. The Morgan fingerprint density at radius 3 is 3.17 bits per heavy atom. The van der Waals surface area contributed by atoms with Gasteiger partial charge in [0.15, 0.2) is 5.78 Å². The summed E-state index contributed by atoms with van der Waals surface area (Å²) in [5, 5.41) is 0. The Balaban J connectivity index is 2.48. The van der Waals surface area contributed by atoms with Crippen LogP contribution in [0.4, 0.5) is 0 Å². The molecule has 1 aromatic heterocycles. The van der Waals surface area contributed by atoms with Crippen LogP contribution in [0.15, 0.2) is 6.07 Å². The normalized spacial score (nSPS) is 22.5. The van der Waals surface area contributed by atoms with Gasteiger partial charge in [0.25, 0.3) is 0 Å². The predicted molar refractivity (Wildman–Crippen MR) is 54.4 cm³/mol. The molecule has 1 heterocycles. The van der Waals surface area contributed by atoms with E-state index in [9.17, 15) is 4.79 Å². The molecule has 1 atom stereocenters. The number of halogens is 1. The van der Waals surface area contributed by atoms with Crippen molar-refractivity contribution in [1.82, 2.24) is 0 Å². The molecule has 0 amide bonds. The molecule has 0 spiro atoms. The van der Waals surface area contributed by atoms with Crippen LogP contribution in [0.1, 0.15) is 26.5 Å². The highest BCUT2D eigenvalue weighted by atomic mass is 79.9. The molecule has 2 rings (SSSR count). The molecular formula is C9H9BrOS. The second-order valence-electron chi connectivity index (χ2n) is 3.06. The zero-order valence-corrected chi connectivity index (χ0v) is 9.17. The fourth-order valence-corrected chi connectivity index (χ4v) is 3.04. The highest BCUT2D eigenvalue weighted by molar-refractivity contribution is 9.10. The van der Waals surface area contributed by atoms with E-state index in [0.717, 1.165) is 18.4 Å². The molecule has 0 saturated carbocycles. The highest BCUT2D eigenvalue weighted by Gasteiger charge is 2.26. The van der Waals surface area contributed by atoms with Crippen LogP contribution in [-0.4, -0.2) is 10.6 Å². The summed E-state index contributed by atoms with van der Waals surface area (Å²) in [4.78, 5) is 14.2. The summed E-state index contributed by atoms with van der Waals surface area (Å²) in [7, 11) is 0. The third-order valence-corrected chi connectivity index (χ3v) is 4.09. The number of alkyl halides is 1. The van der Waals surface area contributed by atoms with Crippen LogP contribution in [0.2, 0.25) is 0 Å². The van der Waals surface area contributed by atoms with Gasteiger partial charge in [-0.1, -0.05) is 15.9 Å². The third-order valence-electron chi connectivity index (χ3n) is 2.11. The molecule has 64 valence electrons. The Hall–Kier alpha value is -0.150. The van der Waals surface area contributed by atoms with Gasteiger partial charge in [0.2, 0.25) is 0 Å². The first-order valence-electron chi connectivity index (χ1n) is 3.96. The predicted octanol–water partition coefficient (Wildman–Crippen LogP) is 2.95. The Morgan fingerprint density at radius 2 is 2.42 bits per heavy atom. The van der Waals surface area contributed by atoms with Crippen molar-refractivity contribution in [3.63, 3.8) is 0 Å². The molecule has 12 heavy (non-hydrogen) atoms. The van der Waals surface area contributed by atoms with Crippen LogP contribution in [0.3, 0.4) is 0 Å². The number of thiophene rings is 1. The van der Waals surface area contributed by atoms with Crippen LogP contribution >= 0.6 is 27.3 Å². The summed E-state index contributed by atoms with van der Waals surface area (Å²) in [5.41, 5.74) is 0.950. The SMILES string of the molecule is Cc1cc2c(s1)CCC(Br)C2=O. The standard InChI is InChI=1S/C9H9BrOS/c1-5-4-6-8(12-5)3-2-7(10)9(6)11/h4,7H,2-3H2,1H3. The number of hydrogen-bond acceptors (Lipinski definition) is 2. The van der Waals surface area contributed by atoms with Crippen molar-refractivity contribution in [2.75, 3.05) is 0 Å². The molecule has 0 bridgehead atoms. The number of ketones is 1. The molecule has 0 radical (unpaired) electrons. The van der Waals surface area contributed by atoms with E-state index < -0.39 is 0 Å². The molecule has 1 nitrogen and oxygen atoms in total. The topological polar surface area (TPSA) is 17.1 Å². The van der Waals surface area contributed by atoms with Crippen LogP contribution in [0, 0.1) is 6.92 Å². The molecule has 1 unspecified atom stereocenters. The lowest BCUT2D eigenvalue weighted by molar-refractivity contribution is 0.0982. The zero-order chi connectivity index (χ0) is 8.72. The van der Waals surface area contributed by atoms with Gasteiger partial charge in [0.1, 0.15) is 0 Å². The first-order valence-corrected chi connectivity index (χ1v) is 5.69. The Labute approximate surface area is 83.9 Å². The number of Topliss-reactive ketones (excluding diaryl/α,β-unsaturated/α-hetero) is 1. The van der Waals surface area contributed by atoms with E-state index in [4.69, 9.17) is 0 Å². The van der Waals surface area contributed by atoms with Gasteiger partial charge in [0, 0.05) is 15.3 Å². The van der Waals surface area contributed by atoms with Crippen LogP contribution in [0.5, 0.6) is 0 Å². The summed E-state index contributed by atoms with van der Waals surface area (Å²) in [6.07, 6.45) is 2.00. The van der Waals surface area contributed by atoms with E-state index in [0.29, 0.717) is 0 Å². The van der Waals surface area contributed by atoms with Gasteiger partial charge in [-0.3, -0.25) is 4.79 Å². The van der Waals surface area contributed by atoms with Gasteiger partial charge in [-0.15, -0.1) is 11.3 Å². The van der Waals surface area contributed by atoms with Gasteiger partial charge < -0.3 is 0 Å². The maximum absolute atomic E-state index is 11.6. The van der Waals surface area contributed by atoms with Gasteiger partial charge >= 0.3 is 0 Å². The molecule has 0 N–H and O–H groups in total. The summed E-state index contributed by atoms with van der Waals surface area (Å²) in [6, 6.07) is 2.01. The summed E-state index contributed by atoms with van der Waals surface area (Å²) in [6.45, 7) is 2.06. The van der Waals surface area contributed by atoms with Crippen LogP contribution in [-0.2, 0) is 6.42 Å². The van der Waals surface area contributed by atoms with E-state index in [-0.39, 0.29) is 10.6 Å². The van der Waals surface area contributed by atoms with Crippen LogP contribution in [0.25, 0.3) is 0 Å². The van der Waals surface area contributed by atoms with Crippen molar-refractivity contribution in [1.29, 1.82) is 0 Å². The van der Waals surface area contributed by atoms with Crippen molar-refractivity contribution >= 4 is 33.0 Å². The first-order chi connectivity index (χ1) is 5.68. The van der Waals surface area contributed by atoms with Gasteiger partial charge in [0.05, 0.1) is 4.83 Å². The minimum absolute atomic E-state index is 0.0546. The lowest BCUT2D eigenvalue weighted by Crippen LogP contribution is -2.20. The quantitative estimate of drug-likeness (QED) is 0.642. The molecule has 0 fully saturated rings. The van der Waals surface area contributed by atoms with Crippen LogP contribution < -0.4 is 0 Å². The molecule has 1 aromatic rings. The summed E-state index contributed by atoms with van der Waals surface area (Å²) >= 11 is 5.14. The molecule has 3 heteroatoms. The fourth-order valence-electron chi connectivity index (χ4n) is 1.51. The van der Waals surface area contributed by atoms with Crippen molar-refractivity contribution in [2.24, 2.45) is 0 Å². The largest absolute Gasteiger partial charge is 0.293 e. The van der Waals surface area contributed by atoms with Gasteiger partial charge in [-0.05, 0) is 25.8 Å². The number of hydrogen-bond donors (Lipinski definition) is 0. The average Bonchev–Trinajstić information content (AvgIpc) is 2.39. The number of rotatable bonds is 0. The van der Waals surface area contributed by atoms with E-state index in [2.05, 4.69) is 22.9 Å². The smallest absolute Gasteiger partial charge is 0.177 e. The van der Waals surface area contributed by atoms with Crippen molar-refractivity contribution in [3.8, 4) is 0 Å². The number of carbonyl (C=O) groups is 1. The Kier molecular flexibility index (Phi) is 2.09. The van der Waals surface area contributed by atoms with E-state index in [1.54, 1.807) is 11.3 Å². The number of carbonyl (C=O) groups excluding carboxylic acids is 1. The van der Waals surface area contributed by atoms with Gasteiger partial charge in [-0.25, -0.2) is 0 Å². The average molecular weight is 245 g/mol. The highest BCUT2D eigenvalue weighted by Crippen LogP contribution is 2.31. The zero-order valence-electron chi connectivity index (χ0n) is 6.76. The molecule has 1 aliphatic rings. The third kappa shape index (κ3) is 1.25. The van der Waals surface area contributed by atoms with E-state index in [1.807, 2.05) is 6.07 Å². The van der Waals surface area contributed by atoms with Crippen molar-refractivity contribution in [3.05, 3.63) is 21.4 Å². The molecular weight excluding hydrogens is 236 g/mol. The summed E-state index contributed by atoms with van der Waals surface area (Å²) in [5.74, 6) is 0.264. The maximum atomic E-state index is 11.6. The second-order valence-corrected chi connectivity index (χ2v) is 5.51. The number of aryl methyl sites for hydroxylation is 2. The molecule has 0 saturated heterocycles. The molecule has 0 aromatic carbocycles. The number of fused-ring (bicyclic) bond motifs is 1. The second kappa shape index (κ2) is 2.96. The Morgan fingerprint density at radius 1 is 1.67 bits per heavy atom. The Bertz CT molecular complexity index is 329. The molecule has 0 aliphatic heterocycles. The maximum Gasteiger partial charge on any atom is 0.177 e.